The van der Waals surface area contributed by atoms with Gasteiger partial charge in [-0.1, -0.05) is 11.6 Å². The predicted octanol–water partition coefficient (Wildman–Crippen LogP) is 5.81. The highest BCUT2D eigenvalue weighted by atomic mass is 35.5. The Morgan fingerprint density at radius 2 is 2.10 bits per heavy atom. The van der Waals surface area contributed by atoms with E-state index in [2.05, 4.69) is 38.2 Å². The van der Waals surface area contributed by atoms with Crippen molar-refractivity contribution >= 4 is 34.3 Å². The Kier molecular flexibility index (Phi) is 4.23. The van der Waals surface area contributed by atoms with Gasteiger partial charge < -0.3 is 5.32 Å². The van der Waals surface area contributed by atoms with Crippen LogP contribution in [0.25, 0.3) is 0 Å². The van der Waals surface area contributed by atoms with Gasteiger partial charge in [-0.15, -0.1) is 22.7 Å². The van der Waals surface area contributed by atoms with Crippen molar-refractivity contribution in [2.24, 2.45) is 0 Å². The molecule has 2 heterocycles. The molecule has 2 aromatic rings. The zero-order chi connectivity index (χ0) is 14.3. The second-order valence-corrected chi connectivity index (χ2v) is 8.86. The Hall–Kier alpha value is -0.350. The number of thiophene rings is 2. The van der Waals surface area contributed by atoms with Crippen molar-refractivity contribution in [3.05, 3.63) is 42.2 Å². The Balaban J connectivity index is 1.80. The lowest BCUT2D eigenvalue weighted by molar-refractivity contribution is 0.418. The molecule has 0 spiro atoms. The van der Waals surface area contributed by atoms with Crippen LogP contribution in [0.15, 0.2) is 12.1 Å². The number of halogens is 1. The molecule has 2 aromatic heterocycles. The van der Waals surface area contributed by atoms with Gasteiger partial charge in [-0.3, -0.25) is 0 Å². The molecule has 0 amide bonds. The predicted molar refractivity (Wildman–Crippen MR) is 90.4 cm³/mol. The van der Waals surface area contributed by atoms with E-state index in [0.29, 0.717) is 12.1 Å². The highest BCUT2D eigenvalue weighted by Gasteiger charge is 2.24. The van der Waals surface area contributed by atoms with E-state index in [9.17, 15) is 0 Å². The van der Waals surface area contributed by atoms with Crippen molar-refractivity contribution < 1.29 is 0 Å². The summed E-state index contributed by atoms with van der Waals surface area (Å²) in [5, 5.41) is 3.81. The molecule has 0 radical (unpaired) electrons. The topological polar surface area (TPSA) is 12.0 Å². The van der Waals surface area contributed by atoms with Crippen molar-refractivity contribution in [3.63, 3.8) is 0 Å². The molecule has 0 saturated heterocycles. The fraction of sp³-hybridized carbons (Fsp3) is 0.500. The van der Waals surface area contributed by atoms with E-state index in [1.165, 1.54) is 45.0 Å². The maximum Gasteiger partial charge on any atom is 0.0934 e. The molecule has 0 aromatic carbocycles. The first kappa shape index (κ1) is 14.6. The van der Waals surface area contributed by atoms with Crippen LogP contribution in [0, 0.1) is 13.8 Å². The smallest absolute Gasteiger partial charge is 0.0934 e. The van der Waals surface area contributed by atoms with Crippen LogP contribution in [0.1, 0.15) is 57.6 Å². The van der Waals surface area contributed by atoms with Gasteiger partial charge in [0.2, 0.25) is 0 Å². The molecule has 1 aliphatic rings. The molecule has 1 nitrogen and oxygen atoms in total. The molecule has 108 valence electrons. The molecule has 0 bridgehead atoms. The fourth-order valence-corrected chi connectivity index (χ4v) is 5.57. The fourth-order valence-electron chi connectivity index (χ4n) is 3.17. The number of nitrogens with one attached hydrogen (secondary N) is 1. The van der Waals surface area contributed by atoms with Crippen LogP contribution in [-0.2, 0) is 6.42 Å². The Morgan fingerprint density at radius 1 is 1.30 bits per heavy atom. The van der Waals surface area contributed by atoms with Gasteiger partial charge in [0.15, 0.2) is 0 Å². The highest BCUT2D eigenvalue weighted by Crippen LogP contribution is 2.39. The van der Waals surface area contributed by atoms with Crippen LogP contribution < -0.4 is 5.32 Å². The number of rotatable bonds is 3. The van der Waals surface area contributed by atoms with Gasteiger partial charge in [0.25, 0.3) is 0 Å². The second-order valence-electron chi connectivity index (χ2n) is 5.63. The molecule has 2 atom stereocenters. The minimum atomic E-state index is 0.398. The molecule has 3 rings (SSSR count). The standard InChI is InChI=1S/C16H20ClNS2/c1-9-7-12(11(3)19-9)10(2)18-14-5-4-6-15-13(14)8-16(17)20-15/h7-8,10,14,18H,4-6H2,1-3H3. The van der Waals surface area contributed by atoms with Crippen LogP contribution >= 0.6 is 34.3 Å². The molecule has 1 aliphatic carbocycles. The maximum atomic E-state index is 6.19. The third-order valence-electron chi connectivity index (χ3n) is 4.08. The van der Waals surface area contributed by atoms with Crippen molar-refractivity contribution in [3.8, 4) is 0 Å². The lowest BCUT2D eigenvalue weighted by atomic mass is 9.93. The molecular formula is C16H20ClNS2. The normalized spacial score (nSPS) is 19.9. The number of aryl methyl sites for hydroxylation is 3. The van der Waals surface area contributed by atoms with Crippen molar-refractivity contribution in [2.45, 2.75) is 52.1 Å². The minimum absolute atomic E-state index is 0.398. The molecule has 20 heavy (non-hydrogen) atoms. The molecule has 4 heteroatoms. The number of hydrogen-bond donors (Lipinski definition) is 1. The molecular weight excluding hydrogens is 306 g/mol. The summed E-state index contributed by atoms with van der Waals surface area (Å²) in [5.74, 6) is 0. The van der Waals surface area contributed by atoms with Crippen molar-refractivity contribution in [2.75, 3.05) is 0 Å². The van der Waals surface area contributed by atoms with E-state index in [4.69, 9.17) is 11.6 Å². The van der Waals surface area contributed by atoms with Gasteiger partial charge in [0, 0.05) is 26.7 Å². The largest absolute Gasteiger partial charge is 0.303 e. The molecule has 1 N–H and O–H groups in total. The SMILES string of the molecule is Cc1cc(C(C)NC2CCCc3sc(Cl)cc32)c(C)s1. The van der Waals surface area contributed by atoms with Gasteiger partial charge in [-0.25, -0.2) is 0 Å². The van der Waals surface area contributed by atoms with E-state index >= 15 is 0 Å². The Bertz CT molecular complexity index is 614. The number of hydrogen-bond acceptors (Lipinski definition) is 3. The van der Waals surface area contributed by atoms with Gasteiger partial charge >= 0.3 is 0 Å². The van der Waals surface area contributed by atoms with Crippen molar-refractivity contribution in [1.29, 1.82) is 0 Å². The maximum absolute atomic E-state index is 6.19. The van der Waals surface area contributed by atoms with Crippen LogP contribution in [0.2, 0.25) is 4.34 Å². The third kappa shape index (κ3) is 2.82. The summed E-state index contributed by atoms with van der Waals surface area (Å²) in [6.45, 7) is 6.68. The summed E-state index contributed by atoms with van der Waals surface area (Å²) < 4.78 is 0.930. The average molecular weight is 326 g/mol. The number of fused-ring (bicyclic) bond motifs is 1. The van der Waals surface area contributed by atoms with E-state index in [-0.39, 0.29) is 0 Å². The Morgan fingerprint density at radius 3 is 2.80 bits per heavy atom. The summed E-state index contributed by atoms with van der Waals surface area (Å²) in [7, 11) is 0. The van der Waals surface area contributed by atoms with E-state index in [0.717, 1.165) is 4.34 Å². The summed E-state index contributed by atoms with van der Waals surface area (Å²) in [4.78, 5) is 4.31. The first-order valence-electron chi connectivity index (χ1n) is 7.15. The Labute approximate surface area is 134 Å². The molecule has 0 fully saturated rings. The van der Waals surface area contributed by atoms with Gasteiger partial charge in [0.05, 0.1) is 4.34 Å². The second kappa shape index (κ2) is 5.80. The lowest BCUT2D eigenvalue weighted by Crippen LogP contribution is -2.27. The zero-order valence-corrected chi connectivity index (χ0v) is 14.5. The average Bonchev–Trinajstić information content (AvgIpc) is 2.91. The van der Waals surface area contributed by atoms with Crippen LogP contribution in [0.4, 0.5) is 0 Å². The summed E-state index contributed by atoms with van der Waals surface area (Å²) >= 11 is 9.83. The van der Waals surface area contributed by atoms with E-state index in [1.54, 1.807) is 11.3 Å². The summed E-state index contributed by atoms with van der Waals surface area (Å²) in [6.07, 6.45) is 3.66. The van der Waals surface area contributed by atoms with Gasteiger partial charge in [0.1, 0.15) is 0 Å². The summed E-state index contributed by atoms with van der Waals surface area (Å²) in [6, 6.07) is 5.34. The first-order chi connectivity index (χ1) is 9.54. The van der Waals surface area contributed by atoms with Crippen LogP contribution in [0.5, 0.6) is 0 Å². The summed E-state index contributed by atoms with van der Waals surface area (Å²) in [5.41, 5.74) is 2.88. The van der Waals surface area contributed by atoms with Gasteiger partial charge in [-0.05, 0) is 63.3 Å². The van der Waals surface area contributed by atoms with Crippen LogP contribution in [-0.4, -0.2) is 0 Å². The van der Waals surface area contributed by atoms with E-state index < -0.39 is 0 Å². The molecule has 0 saturated carbocycles. The zero-order valence-electron chi connectivity index (χ0n) is 12.1. The molecule has 2 unspecified atom stereocenters. The lowest BCUT2D eigenvalue weighted by Gasteiger charge is -2.27. The first-order valence-corrected chi connectivity index (χ1v) is 9.16. The van der Waals surface area contributed by atoms with Gasteiger partial charge in [-0.2, -0.15) is 0 Å². The van der Waals surface area contributed by atoms with E-state index in [1.807, 2.05) is 11.3 Å². The highest BCUT2D eigenvalue weighted by molar-refractivity contribution is 7.16. The molecule has 0 aliphatic heterocycles. The minimum Gasteiger partial charge on any atom is -0.303 e. The monoisotopic (exact) mass is 325 g/mol. The third-order valence-corrected chi connectivity index (χ3v) is 6.40. The van der Waals surface area contributed by atoms with Crippen molar-refractivity contribution in [1.82, 2.24) is 5.32 Å². The quantitative estimate of drug-likeness (QED) is 0.751. The van der Waals surface area contributed by atoms with Crippen LogP contribution in [0.3, 0.4) is 0 Å².